The Morgan fingerprint density at radius 1 is 1.48 bits per heavy atom. The van der Waals surface area contributed by atoms with Crippen molar-refractivity contribution in [3.63, 3.8) is 0 Å². The summed E-state index contributed by atoms with van der Waals surface area (Å²) in [6.45, 7) is 5.22. The zero-order chi connectivity index (χ0) is 19.4. The lowest BCUT2D eigenvalue weighted by atomic mass is 10.0. The summed E-state index contributed by atoms with van der Waals surface area (Å²) in [5.41, 5.74) is 2.81. The molecule has 8 nitrogen and oxygen atoms in total. The first-order valence-electron chi connectivity index (χ1n) is 8.87. The Bertz CT molecular complexity index is 795. The van der Waals surface area contributed by atoms with E-state index in [0.717, 1.165) is 5.69 Å². The molecule has 1 aliphatic rings. The fourth-order valence-corrected chi connectivity index (χ4v) is 3.89. The molecule has 3 heterocycles. The van der Waals surface area contributed by atoms with Crippen molar-refractivity contribution in [1.82, 2.24) is 25.2 Å². The van der Waals surface area contributed by atoms with E-state index in [2.05, 4.69) is 20.3 Å². The maximum absolute atomic E-state index is 12.5. The molecule has 0 unspecified atom stereocenters. The molecule has 2 N–H and O–H groups in total. The van der Waals surface area contributed by atoms with Crippen LogP contribution in [-0.4, -0.2) is 63.5 Å². The Kier molecular flexibility index (Phi) is 6.46. The Morgan fingerprint density at radius 2 is 2.30 bits per heavy atom. The lowest BCUT2D eigenvalue weighted by Gasteiger charge is -2.38. The zero-order valence-corrected chi connectivity index (χ0v) is 16.8. The lowest BCUT2D eigenvalue weighted by Crippen LogP contribution is -2.56. The highest BCUT2D eigenvalue weighted by molar-refractivity contribution is 7.07. The number of amides is 2. The molecule has 2 atom stereocenters. The molecule has 0 spiro atoms. The molecule has 10 heteroatoms. The maximum atomic E-state index is 12.5. The van der Waals surface area contributed by atoms with Crippen LogP contribution in [0.3, 0.4) is 0 Å². The number of carbonyl (C=O) groups is 2. The van der Waals surface area contributed by atoms with E-state index in [1.807, 2.05) is 13.8 Å². The van der Waals surface area contributed by atoms with Crippen LogP contribution in [0.5, 0.6) is 0 Å². The van der Waals surface area contributed by atoms with Crippen molar-refractivity contribution in [2.75, 3.05) is 19.7 Å². The van der Waals surface area contributed by atoms with Crippen LogP contribution >= 0.6 is 22.9 Å². The standard InChI is InChI=1S/C17H22ClN5O3S/c1-3-10-14(18)22-15(20-10)16(24)21-11-5-6-23(7-13(11)26-4-2)17(25)12-8-27-9-19-12/h8-9,11,13H,3-7H2,1-2H3,(H,20,22)(H,21,24)/t11-,13+/m0/s1. The lowest BCUT2D eigenvalue weighted by molar-refractivity contribution is -0.0117. The molecule has 0 saturated carbocycles. The van der Waals surface area contributed by atoms with Crippen LogP contribution in [0.25, 0.3) is 0 Å². The van der Waals surface area contributed by atoms with Gasteiger partial charge in [-0.2, -0.15) is 0 Å². The molecular weight excluding hydrogens is 390 g/mol. The summed E-state index contributed by atoms with van der Waals surface area (Å²) in [7, 11) is 0. The maximum Gasteiger partial charge on any atom is 0.287 e. The number of H-pyrrole nitrogens is 1. The minimum Gasteiger partial charge on any atom is -0.375 e. The smallest absolute Gasteiger partial charge is 0.287 e. The van der Waals surface area contributed by atoms with Gasteiger partial charge in [0.1, 0.15) is 5.69 Å². The van der Waals surface area contributed by atoms with Gasteiger partial charge < -0.3 is 19.9 Å². The normalized spacial score (nSPS) is 19.9. The Balaban J connectivity index is 1.66. The summed E-state index contributed by atoms with van der Waals surface area (Å²) in [5, 5.41) is 5.01. The number of ether oxygens (including phenoxy) is 1. The van der Waals surface area contributed by atoms with Gasteiger partial charge in [0.2, 0.25) is 0 Å². The van der Waals surface area contributed by atoms with Gasteiger partial charge in [-0.3, -0.25) is 9.59 Å². The number of rotatable bonds is 6. The van der Waals surface area contributed by atoms with Gasteiger partial charge in [0.15, 0.2) is 11.0 Å². The van der Waals surface area contributed by atoms with Gasteiger partial charge in [-0.05, 0) is 19.8 Å². The van der Waals surface area contributed by atoms with Gasteiger partial charge in [-0.15, -0.1) is 11.3 Å². The average Bonchev–Trinajstić information content (AvgIpc) is 3.32. The van der Waals surface area contributed by atoms with E-state index in [1.165, 1.54) is 11.3 Å². The Morgan fingerprint density at radius 3 is 2.93 bits per heavy atom. The van der Waals surface area contributed by atoms with Crippen molar-refractivity contribution in [1.29, 1.82) is 0 Å². The quantitative estimate of drug-likeness (QED) is 0.758. The van der Waals surface area contributed by atoms with Gasteiger partial charge in [0, 0.05) is 25.1 Å². The molecule has 1 saturated heterocycles. The molecule has 0 aliphatic carbocycles. The van der Waals surface area contributed by atoms with Crippen molar-refractivity contribution in [2.45, 2.75) is 38.8 Å². The minimum absolute atomic E-state index is 0.115. The van der Waals surface area contributed by atoms with Gasteiger partial charge in [0.05, 0.1) is 23.4 Å². The fraction of sp³-hybridized carbons (Fsp3) is 0.529. The van der Waals surface area contributed by atoms with Crippen molar-refractivity contribution >= 4 is 34.8 Å². The molecule has 2 amide bonds. The summed E-state index contributed by atoms with van der Waals surface area (Å²) < 4.78 is 5.80. The number of carbonyl (C=O) groups excluding carboxylic acids is 2. The molecule has 3 rings (SSSR count). The predicted molar refractivity (Wildman–Crippen MR) is 102 cm³/mol. The van der Waals surface area contributed by atoms with E-state index < -0.39 is 0 Å². The van der Waals surface area contributed by atoms with Crippen molar-refractivity contribution in [3.05, 3.63) is 33.3 Å². The third-order valence-corrected chi connectivity index (χ3v) is 5.39. The Labute approximate surface area is 166 Å². The second kappa shape index (κ2) is 8.81. The summed E-state index contributed by atoms with van der Waals surface area (Å²) in [4.78, 5) is 37.9. The number of halogens is 1. The average molecular weight is 412 g/mol. The predicted octanol–water partition coefficient (Wildman–Crippen LogP) is 2.13. The van der Waals surface area contributed by atoms with Gasteiger partial charge in [-0.1, -0.05) is 18.5 Å². The van der Waals surface area contributed by atoms with Crippen LogP contribution in [0, 0.1) is 0 Å². The number of aromatic nitrogens is 3. The van der Waals surface area contributed by atoms with Gasteiger partial charge in [0.25, 0.3) is 11.8 Å². The van der Waals surface area contributed by atoms with Crippen LogP contribution < -0.4 is 5.32 Å². The molecule has 27 heavy (non-hydrogen) atoms. The van der Waals surface area contributed by atoms with E-state index in [1.54, 1.807) is 15.8 Å². The second-order valence-corrected chi connectivity index (χ2v) is 7.27. The number of nitrogens with one attached hydrogen (secondary N) is 2. The first-order valence-corrected chi connectivity index (χ1v) is 10.2. The van der Waals surface area contributed by atoms with E-state index in [0.29, 0.717) is 43.4 Å². The van der Waals surface area contributed by atoms with Crippen LogP contribution in [0.4, 0.5) is 0 Å². The monoisotopic (exact) mass is 411 g/mol. The molecule has 146 valence electrons. The molecule has 2 aromatic heterocycles. The van der Waals surface area contributed by atoms with E-state index in [-0.39, 0.29) is 29.8 Å². The first kappa shape index (κ1) is 19.8. The van der Waals surface area contributed by atoms with Crippen LogP contribution in [-0.2, 0) is 11.2 Å². The molecule has 0 bridgehead atoms. The number of piperidine rings is 1. The number of hydrogen-bond acceptors (Lipinski definition) is 6. The third-order valence-electron chi connectivity index (χ3n) is 4.49. The number of hydrogen-bond donors (Lipinski definition) is 2. The topological polar surface area (TPSA) is 100 Å². The van der Waals surface area contributed by atoms with E-state index in [9.17, 15) is 9.59 Å². The number of likely N-dealkylation sites (tertiary alicyclic amines) is 1. The van der Waals surface area contributed by atoms with E-state index >= 15 is 0 Å². The summed E-state index contributed by atoms with van der Waals surface area (Å²) in [5.74, 6) is -0.255. The highest BCUT2D eigenvalue weighted by Crippen LogP contribution is 2.18. The number of aromatic amines is 1. The highest BCUT2D eigenvalue weighted by Gasteiger charge is 2.34. The SMILES string of the molecule is CCO[C@@H]1CN(C(=O)c2cscn2)CC[C@@H]1NC(=O)c1nc(Cl)c(CC)[nH]1. The van der Waals surface area contributed by atoms with Crippen molar-refractivity contribution in [2.24, 2.45) is 0 Å². The number of nitrogens with zero attached hydrogens (tertiary/aromatic N) is 3. The largest absolute Gasteiger partial charge is 0.375 e. The van der Waals surface area contributed by atoms with Crippen molar-refractivity contribution in [3.8, 4) is 0 Å². The Hall–Kier alpha value is -1.97. The molecule has 1 aliphatic heterocycles. The van der Waals surface area contributed by atoms with E-state index in [4.69, 9.17) is 16.3 Å². The third kappa shape index (κ3) is 4.48. The van der Waals surface area contributed by atoms with Crippen LogP contribution in [0.15, 0.2) is 10.9 Å². The fourth-order valence-electron chi connectivity index (χ4n) is 3.10. The molecule has 2 aromatic rings. The van der Waals surface area contributed by atoms with Crippen LogP contribution in [0.1, 0.15) is 47.1 Å². The van der Waals surface area contributed by atoms with Gasteiger partial charge >= 0.3 is 0 Å². The van der Waals surface area contributed by atoms with Crippen LogP contribution in [0.2, 0.25) is 5.15 Å². The second-order valence-electron chi connectivity index (χ2n) is 6.20. The number of imidazole rings is 1. The molecule has 1 fully saturated rings. The number of thiazole rings is 1. The zero-order valence-electron chi connectivity index (χ0n) is 15.2. The molecule has 0 radical (unpaired) electrons. The molecular formula is C17H22ClN5O3S. The van der Waals surface area contributed by atoms with Crippen molar-refractivity contribution < 1.29 is 14.3 Å². The minimum atomic E-state index is -0.328. The number of aryl methyl sites for hydroxylation is 1. The highest BCUT2D eigenvalue weighted by atomic mass is 35.5. The van der Waals surface area contributed by atoms with Gasteiger partial charge in [-0.25, -0.2) is 9.97 Å². The molecule has 0 aromatic carbocycles. The summed E-state index contributed by atoms with van der Waals surface area (Å²) in [6, 6.07) is -0.217. The summed E-state index contributed by atoms with van der Waals surface area (Å²) in [6.07, 6.45) is 0.950. The summed E-state index contributed by atoms with van der Waals surface area (Å²) >= 11 is 7.40. The first-order chi connectivity index (χ1) is 13.0.